The van der Waals surface area contributed by atoms with Crippen molar-refractivity contribution in [1.82, 2.24) is 0 Å². The minimum atomic E-state index is -0.928. The van der Waals surface area contributed by atoms with Crippen molar-refractivity contribution in [2.24, 2.45) is 11.0 Å². The number of rotatable bonds is 3. The first-order valence-corrected chi connectivity index (χ1v) is 9.28. The van der Waals surface area contributed by atoms with Crippen LogP contribution in [0.15, 0.2) is 47.6 Å². The zero-order valence-electron chi connectivity index (χ0n) is 15.6. The lowest BCUT2D eigenvalue weighted by atomic mass is 9.95. The largest absolute Gasteiger partial charge is 0.293 e. The monoisotopic (exact) mass is 395 g/mol. The number of anilines is 2. The molecule has 2 aromatic rings. The van der Waals surface area contributed by atoms with Crippen molar-refractivity contribution in [2.75, 3.05) is 9.91 Å². The van der Waals surface area contributed by atoms with Gasteiger partial charge in [-0.05, 0) is 43.2 Å². The molecule has 0 saturated carbocycles. The number of hydrogen-bond donors (Lipinski definition) is 0. The molecule has 0 radical (unpaired) electrons. The summed E-state index contributed by atoms with van der Waals surface area (Å²) in [4.78, 5) is 39.9. The van der Waals surface area contributed by atoms with Gasteiger partial charge in [0.05, 0.1) is 11.4 Å². The number of carbonyl (C=O) groups is 3. The molecule has 0 unspecified atom stereocenters. The summed E-state index contributed by atoms with van der Waals surface area (Å²) in [7, 11) is 0. The third-order valence-corrected chi connectivity index (χ3v) is 5.66. The van der Waals surface area contributed by atoms with Gasteiger partial charge in [0.15, 0.2) is 5.78 Å². The smallest absolute Gasteiger partial charge is 0.259 e. The van der Waals surface area contributed by atoms with Crippen molar-refractivity contribution >= 4 is 46.3 Å². The van der Waals surface area contributed by atoms with E-state index in [0.29, 0.717) is 22.0 Å². The van der Waals surface area contributed by atoms with Gasteiger partial charge in [-0.15, -0.1) is 0 Å². The minimum absolute atomic E-state index is 0.105. The molecule has 142 valence electrons. The van der Waals surface area contributed by atoms with Gasteiger partial charge in [-0.1, -0.05) is 35.9 Å². The average Bonchev–Trinajstić information content (AvgIpc) is 3.16. The van der Waals surface area contributed by atoms with Crippen molar-refractivity contribution in [3.8, 4) is 0 Å². The number of amides is 2. The number of hydrogen-bond acceptors (Lipinski definition) is 5. The Hall–Kier alpha value is -2.99. The number of imide groups is 1. The number of aryl methyl sites for hydroxylation is 1. The standard InChI is InChI=1S/C21H18ClN3O3/c1-11-7-4-5-9-15(11)25-19-17(18(23-25)13(3)26)20(27)24(21(19)28)16-10-6-8-14(22)12(16)2/h4-10,17,19H,1-3H3/t17-,19+/m1/s1. The van der Waals surface area contributed by atoms with Gasteiger partial charge >= 0.3 is 0 Å². The van der Waals surface area contributed by atoms with Crippen LogP contribution in [0.25, 0.3) is 0 Å². The summed E-state index contributed by atoms with van der Waals surface area (Å²) < 4.78 is 0. The first-order valence-electron chi connectivity index (χ1n) is 8.90. The van der Waals surface area contributed by atoms with Gasteiger partial charge in [0.1, 0.15) is 17.7 Å². The second-order valence-electron chi connectivity index (χ2n) is 6.99. The number of hydrazone groups is 1. The van der Waals surface area contributed by atoms with Gasteiger partial charge in [-0.25, -0.2) is 4.90 Å². The lowest BCUT2D eigenvalue weighted by Gasteiger charge is -2.24. The van der Waals surface area contributed by atoms with Crippen LogP contribution in [0.4, 0.5) is 11.4 Å². The summed E-state index contributed by atoms with van der Waals surface area (Å²) >= 11 is 6.20. The molecule has 2 aliphatic heterocycles. The Morgan fingerprint density at radius 1 is 1.00 bits per heavy atom. The van der Waals surface area contributed by atoms with Crippen LogP contribution < -0.4 is 9.91 Å². The third-order valence-electron chi connectivity index (χ3n) is 5.25. The first kappa shape index (κ1) is 18.4. The Morgan fingerprint density at radius 2 is 1.68 bits per heavy atom. The normalized spacial score (nSPS) is 21.2. The molecule has 2 aliphatic rings. The fourth-order valence-corrected chi connectivity index (χ4v) is 3.97. The molecule has 0 bridgehead atoms. The highest BCUT2D eigenvalue weighted by Gasteiger charge is 2.58. The summed E-state index contributed by atoms with van der Waals surface area (Å²) in [6.45, 7) is 5.01. The van der Waals surface area contributed by atoms with Crippen LogP contribution in [0.2, 0.25) is 5.02 Å². The van der Waals surface area contributed by atoms with Crippen molar-refractivity contribution in [3.05, 3.63) is 58.6 Å². The predicted octanol–water partition coefficient (Wildman–Crippen LogP) is 3.28. The molecule has 2 amide bonds. The van der Waals surface area contributed by atoms with E-state index in [1.54, 1.807) is 25.1 Å². The zero-order valence-corrected chi connectivity index (χ0v) is 16.4. The fourth-order valence-electron chi connectivity index (χ4n) is 3.80. The number of halogens is 1. The Bertz CT molecular complexity index is 1060. The number of carbonyl (C=O) groups excluding carboxylic acids is 3. The highest BCUT2D eigenvalue weighted by Crippen LogP contribution is 2.40. The second-order valence-corrected chi connectivity index (χ2v) is 7.40. The Balaban J connectivity index is 1.86. The van der Waals surface area contributed by atoms with E-state index in [9.17, 15) is 14.4 Å². The summed E-state index contributed by atoms with van der Waals surface area (Å²) in [5.74, 6) is -2.12. The van der Waals surface area contributed by atoms with Gasteiger partial charge < -0.3 is 0 Å². The van der Waals surface area contributed by atoms with E-state index in [1.165, 1.54) is 11.9 Å². The van der Waals surface area contributed by atoms with Crippen molar-refractivity contribution in [2.45, 2.75) is 26.8 Å². The molecule has 1 saturated heterocycles. The van der Waals surface area contributed by atoms with Crippen LogP contribution in [-0.2, 0) is 14.4 Å². The Kier molecular flexibility index (Phi) is 4.31. The van der Waals surface area contributed by atoms with Crippen LogP contribution in [0.1, 0.15) is 18.1 Å². The molecule has 1 fully saturated rings. The summed E-state index contributed by atoms with van der Waals surface area (Å²) in [5.41, 5.74) is 2.76. The number of Topliss-reactive ketones (excluding diaryl/α,β-unsaturated/α-hetero) is 1. The maximum atomic E-state index is 13.4. The van der Waals surface area contributed by atoms with Gasteiger partial charge in [0, 0.05) is 11.9 Å². The number of ketones is 1. The van der Waals surface area contributed by atoms with E-state index < -0.39 is 23.8 Å². The van der Waals surface area contributed by atoms with Gasteiger partial charge in [0.2, 0.25) is 5.91 Å². The Labute approximate surface area is 167 Å². The minimum Gasteiger partial charge on any atom is -0.293 e. The SMILES string of the molecule is CC(=O)C1=NN(c2ccccc2C)[C@@H]2C(=O)N(c3cccc(Cl)c3C)C(=O)[C@H]12. The highest BCUT2D eigenvalue weighted by molar-refractivity contribution is 6.49. The maximum Gasteiger partial charge on any atom is 0.259 e. The van der Waals surface area contributed by atoms with E-state index in [2.05, 4.69) is 5.10 Å². The first-order chi connectivity index (χ1) is 13.3. The molecular formula is C21H18ClN3O3. The number of fused-ring (bicyclic) bond motifs is 1. The van der Waals surface area contributed by atoms with Gasteiger partial charge in [-0.3, -0.25) is 19.4 Å². The van der Waals surface area contributed by atoms with E-state index in [-0.39, 0.29) is 11.5 Å². The van der Waals surface area contributed by atoms with Gasteiger partial charge in [0.25, 0.3) is 5.91 Å². The maximum absolute atomic E-state index is 13.4. The summed E-state index contributed by atoms with van der Waals surface area (Å²) in [6.07, 6.45) is 0. The Morgan fingerprint density at radius 3 is 2.36 bits per heavy atom. The van der Waals surface area contributed by atoms with Crippen LogP contribution in [-0.4, -0.2) is 29.4 Å². The topological polar surface area (TPSA) is 70.1 Å². The van der Waals surface area contributed by atoms with Crippen LogP contribution in [0.3, 0.4) is 0 Å². The molecule has 0 aromatic heterocycles. The van der Waals surface area contributed by atoms with Crippen LogP contribution in [0.5, 0.6) is 0 Å². The van der Waals surface area contributed by atoms with E-state index >= 15 is 0 Å². The molecule has 2 heterocycles. The van der Waals surface area contributed by atoms with Crippen molar-refractivity contribution in [3.63, 3.8) is 0 Å². The average molecular weight is 396 g/mol. The molecule has 6 nitrogen and oxygen atoms in total. The lowest BCUT2D eigenvalue weighted by Crippen LogP contribution is -2.39. The molecule has 0 aliphatic carbocycles. The molecule has 28 heavy (non-hydrogen) atoms. The zero-order chi connectivity index (χ0) is 20.2. The highest BCUT2D eigenvalue weighted by atomic mass is 35.5. The quantitative estimate of drug-likeness (QED) is 0.748. The van der Waals surface area contributed by atoms with E-state index in [1.807, 2.05) is 31.2 Å². The second kappa shape index (κ2) is 6.56. The molecule has 7 heteroatoms. The lowest BCUT2D eigenvalue weighted by molar-refractivity contribution is -0.122. The van der Waals surface area contributed by atoms with Crippen molar-refractivity contribution in [1.29, 1.82) is 0 Å². The third kappa shape index (κ3) is 2.56. The molecule has 4 rings (SSSR count). The van der Waals surface area contributed by atoms with E-state index in [0.717, 1.165) is 10.5 Å². The number of benzene rings is 2. The number of nitrogens with zero attached hydrogens (tertiary/aromatic N) is 3. The number of para-hydroxylation sites is 1. The fraction of sp³-hybridized carbons (Fsp3) is 0.238. The molecule has 2 aromatic carbocycles. The summed E-state index contributed by atoms with van der Waals surface area (Å²) in [5, 5.41) is 6.35. The summed E-state index contributed by atoms with van der Waals surface area (Å²) in [6, 6.07) is 11.6. The predicted molar refractivity (Wildman–Crippen MR) is 108 cm³/mol. The van der Waals surface area contributed by atoms with Crippen molar-refractivity contribution < 1.29 is 14.4 Å². The molecule has 0 N–H and O–H groups in total. The molecular weight excluding hydrogens is 378 g/mol. The van der Waals surface area contributed by atoms with Gasteiger partial charge in [-0.2, -0.15) is 5.10 Å². The van der Waals surface area contributed by atoms with E-state index in [4.69, 9.17) is 11.6 Å². The van der Waals surface area contributed by atoms with Crippen LogP contribution >= 0.6 is 11.6 Å². The molecule has 0 spiro atoms. The van der Waals surface area contributed by atoms with Crippen LogP contribution in [0, 0.1) is 19.8 Å². The molecule has 2 atom stereocenters.